The van der Waals surface area contributed by atoms with E-state index in [2.05, 4.69) is 0 Å². The standard InChI is InChI=1S/C7H5F2O2S/c8-7(9)12(10,11)6-4-2-1-3-5-6/h1-5H. The molecule has 1 radical (unpaired) electrons. The second-order valence-electron chi connectivity index (χ2n) is 2.04. The summed E-state index contributed by atoms with van der Waals surface area (Å²) in [5.41, 5.74) is 0. The zero-order valence-corrected chi connectivity index (χ0v) is 6.68. The van der Waals surface area contributed by atoms with Crippen LogP contribution >= 0.6 is 0 Å². The molecule has 0 amide bonds. The predicted octanol–water partition coefficient (Wildman–Crippen LogP) is 1.85. The summed E-state index contributed by atoms with van der Waals surface area (Å²) in [7, 11) is -4.49. The van der Waals surface area contributed by atoms with E-state index in [1.165, 1.54) is 12.1 Å². The van der Waals surface area contributed by atoms with Crippen LogP contribution in [0.15, 0.2) is 35.2 Å². The lowest BCUT2D eigenvalue weighted by atomic mass is 10.4. The van der Waals surface area contributed by atoms with Crippen molar-refractivity contribution < 1.29 is 17.2 Å². The van der Waals surface area contributed by atoms with E-state index < -0.39 is 15.6 Å². The van der Waals surface area contributed by atoms with Crippen molar-refractivity contribution >= 4 is 9.84 Å². The first kappa shape index (κ1) is 9.12. The lowest BCUT2D eigenvalue weighted by molar-refractivity contribution is 0.353. The van der Waals surface area contributed by atoms with Gasteiger partial charge in [0.05, 0.1) is 4.90 Å². The molecule has 12 heavy (non-hydrogen) atoms. The first-order valence-corrected chi connectivity index (χ1v) is 4.51. The molecule has 0 spiro atoms. The molecule has 5 heteroatoms. The Kier molecular flexibility index (Phi) is 2.42. The highest BCUT2D eigenvalue weighted by atomic mass is 32.2. The number of sulfone groups is 1. The molecule has 2 nitrogen and oxygen atoms in total. The minimum atomic E-state index is -4.49. The van der Waals surface area contributed by atoms with E-state index in [1.54, 1.807) is 6.07 Å². The Morgan fingerprint density at radius 3 is 2.00 bits per heavy atom. The van der Waals surface area contributed by atoms with E-state index in [0.29, 0.717) is 0 Å². The van der Waals surface area contributed by atoms with Crippen molar-refractivity contribution in [3.63, 3.8) is 0 Å². The highest BCUT2D eigenvalue weighted by Gasteiger charge is 2.28. The van der Waals surface area contributed by atoms with Gasteiger partial charge in [0.15, 0.2) is 0 Å². The first-order chi connectivity index (χ1) is 5.55. The average Bonchev–Trinajstić information content (AvgIpc) is 2.06. The van der Waals surface area contributed by atoms with Gasteiger partial charge in [0, 0.05) is 0 Å². The first-order valence-electron chi connectivity index (χ1n) is 3.03. The van der Waals surface area contributed by atoms with E-state index in [1.807, 2.05) is 0 Å². The Labute approximate surface area is 68.8 Å². The molecule has 0 N–H and O–H groups in total. The van der Waals surface area contributed by atoms with Crippen LogP contribution in [0.5, 0.6) is 0 Å². The highest BCUT2D eigenvalue weighted by molar-refractivity contribution is 7.93. The van der Waals surface area contributed by atoms with Crippen LogP contribution in [0.3, 0.4) is 0 Å². The minimum absolute atomic E-state index is 0.384. The van der Waals surface area contributed by atoms with Gasteiger partial charge in [0.1, 0.15) is 0 Å². The Hall–Kier alpha value is -0.970. The van der Waals surface area contributed by atoms with Gasteiger partial charge in [-0.15, -0.1) is 0 Å². The van der Waals surface area contributed by atoms with E-state index in [9.17, 15) is 17.2 Å². The molecular weight excluding hydrogens is 186 g/mol. The van der Waals surface area contributed by atoms with Crippen LogP contribution in [0.25, 0.3) is 0 Å². The van der Waals surface area contributed by atoms with Crippen molar-refractivity contribution in [1.82, 2.24) is 0 Å². The molecule has 0 saturated carbocycles. The molecule has 0 bridgehead atoms. The molecule has 1 aromatic carbocycles. The van der Waals surface area contributed by atoms with Crippen LogP contribution in [0.4, 0.5) is 8.78 Å². The molecule has 0 unspecified atom stereocenters. The number of benzene rings is 1. The Balaban J connectivity index is 3.17. The van der Waals surface area contributed by atoms with Crippen molar-refractivity contribution in [3.8, 4) is 0 Å². The van der Waals surface area contributed by atoms with Gasteiger partial charge in [-0.05, 0) is 12.1 Å². The summed E-state index contributed by atoms with van der Waals surface area (Å²) < 4.78 is 45.1. The maximum Gasteiger partial charge on any atom is 0.426 e. The second kappa shape index (κ2) is 3.18. The van der Waals surface area contributed by atoms with Crippen molar-refractivity contribution in [1.29, 1.82) is 0 Å². The van der Waals surface area contributed by atoms with Crippen LogP contribution in [0, 0.1) is 5.76 Å². The lowest BCUT2D eigenvalue weighted by Crippen LogP contribution is -2.03. The molecule has 1 aromatic rings. The zero-order valence-electron chi connectivity index (χ0n) is 5.87. The van der Waals surface area contributed by atoms with Crippen molar-refractivity contribution in [2.45, 2.75) is 4.90 Å². The van der Waals surface area contributed by atoms with Gasteiger partial charge in [-0.25, -0.2) is 8.42 Å². The summed E-state index contributed by atoms with van der Waals surface area (Å²) in [6, 6.07) is 6.56. The van der Waals surface area contributed by atoms with Gasteiger partial charge in [-0.2, -0.15) is 8.78 Å². The third-order valence-corrected chi connectivity index (χ3v) is 2.56. The van der Waals surface area contributed by atoms with Gasteiger partial charge in [-0.3, -0.25) is 0 Å². The molecule has 65 valence electrons. The van der Waals surface area contributed by atoms with Crippen LogP contribution < -0.4 is 0 Å². The summed E-state index contributed by atoms with van der Waals surface area (Å²) in [6.45, 7) is 0. The fourth-order valence-electron chi connectivity index (χ4n) is 0.689. The molecule has 0 aromatic heterocycles. The average molecular weight is 191 g/mol. The molecule has 0 aliphatic heterocycles. The van der Waals surface area contributed by atoms with Gasteiger partial charge >= 0.3 is 5.76 Å². The lowest BCUT2D eigenvalue weighted by Gasteiger charge is -1.98. The highest BCUT2D eigenvalue weighted by Crippen LogP contribution is 2.22. The van der Waals surface area contributed by atoms with Gasteiger partial charge in [0.2, 0.25) is 0 Å². The monoisotopic (exact) mass is 191 g/mol. The SMILES string of the molecule is O=S(=O)([C](F)F)c1ccccc1. The molecule has 0 saturated heterocycles. The summed E-state index contributed by atoms with van der Waals surface area (Å²) in [4.78, 5) is -0.384. The largest absolute Gasteiger partial charge is 0.426 e. The summed E-state index contributed by atoms with van der Waals surface area (Å²) in [5.74, 6) is -2.58. The number of hydrogen-bond donors (Lipinski definition) is 0. The fourth-order valence-corrected chi connectivity index (χ4v) is 1.38. The minimum Gasteiger partial charge on any atom is -0.217 e. The number of halogens is 2. The van der Waals surface area contributed by atoms with Crippen LogP contribution in [0.1, 0.15) is 0 Å². The molecule has 0 heterocycles. The maximum atomic E-state index is 11.8. The molecule has 0 aliphatic rings. The predicted molar refractivity (Wildman–Crippen MR) is 39.1 cm³/mol. The second-order valence-corrected chi connectivity index (χ2v) is 3.83. The number of hydrogen-bond acceptors (Lipinski definition) is 2. The van der Waals surface area contributed by atoms with E-state index in [-0.39, 0.29) is 4.90 Å². The van der Waals surface area contributed by atoms with Crippen LogP contribution in [0.2, 0.25) is 0 Å². The van der Waals surface area contributed by atoms with Crippen molar-refractivity contribution in [3.05, 3.63) is 36.1 Å². The van der Waals surface area contributed by atoms with Crippen LogP contribution in [-0.4, -0.2) is 8.42 Å². The Bertz CT molecular complexity index is 345. The number of rotatable bonds is 2. The van der Waals surface area contributed by atoms with Crippen molar-refractivity contribution in [2.24, 2.45) is 0 Å². The molecule has 0 fully saturated rings. The summed E-state index contributed by atoms with van der Waals surface area (Å²) in [5, 5.41) is 0. The molecule has 1 rings (SSSR count). The van der Waals surface area contributed by atoms with E-state index in [4.69, 9.17) is 0 Å². The Morgan fingerprint density at radius 2 is 1.58 bits per heavy atom. The molecular formula is C7H5F2O2S. The summed E-state index contributed by atoms with van der Waals surface area (Å²) in [6.07, 6.45) is 0. The van der Waals surface area contributed by atoms with E-state index >= 15 is 0 Å². The maximum absolute atomic E-state index is 11.8. The third kappa shape index (κ3) is 1.61. The smallest absolute Gasteiger partial charge is 0.217 e. The quantitative estimate of drug-likeness (QED) is 0.714. The summed E-state index contributed by atoms with van der Waals surface area (Å²) >= 11 is 0. The van der Waals surface area contributed by atoms with Gasteiger partial charge in [-0.1, -0.05) is 18.2 Å². The zero-order chi connectivity index (χ0) is 9.19. The topological polar surface area (TPSA) is 34.1 Å². The Morgan fingerprint density at radius 1 is 1.08 bits per heavy atom. The van der Waals surface area contributed by atoms with Gasteiger partial charge < -0.3 is 0 Å². The fraction of sp³-hybridized carbons (Fsp3) is 0. The molecule has 0 aliphatic carbocycles. The normalized spacial score (nSPS) is 11.9. The van der Waals surface area contributed by atoms with Gasteiger partial charge in [0.25, 0.3) is 9.84 Å². The third-order valence-electron chi connectivity index (χ3n) is 1.26. The van der Waals surface area contributed by atoms with Crippen molar-refractivity contribution in [2.75, 3.05) is 0 Å². The molecule has 0 atom stereocenters. The van der Waals surface area contributed by atoms with Crippen LogP contribution in [-0.2, 0) is 9.84 Å². The van der Waals surface area contributed by atoms with E-state index in [0.717, 1.165) is 12.1 Å².